The van der Waals surface area contributed by atoms with Crippen molar-refractivity contribution in [3.8, 4) is 11.4 Å². The molecule has 0 atom stereocenters. The zero-order valence-corrected chi connectivity index (χ0v) is 16.0. The number of benzene rings is 1. The van der Waals surface area contributed by atoms with Gasteiger partial charge in [0.15, 0.2) is 0 Å². The molecule has 1 fully saturated rings. The van der Waals surface area contributed by atoms with Gasteiger partial charge in [0, 0.05) is 12.1 Å². The lowest BCUT2D eigenvalue weighted by Crippen LogP contribution is -2.52. The lowest BCUT2D eigenvalue weighted by molar-refractivity contribution is -0.170. The summed E-state index contributed by atoms with van der Waals surface area (Å²) in [4.78, 5) is 18.1. The summed E-state index contributed by atoms with van der Waals surface area (Å²) in [6.45, 7) is 3.17. The highest BCUT2D eigenvalue weighted by atomic mass is 19.4. The minimum Gasteiger partial charge on any atom is -0.467 e. The SMILES string of the molecule is CC1(C(=O)N(Cc2ccc(-c3noc(C(F)(F)F)n3)cc2)Cc2ccco2)COC1. The predicted molar refractivity (Wildman–Crippen MR) is 96.6 cm³/mol. The van der Waals surface area contributed by atoms with E-state index in [0.717, 1.165) is 5.56 Å². The van der Waals surface area contributed by atoms with Crippen molar-refractivity contribution in [3.05, 3.63) is 59.9 Å². The van der Waals surface area contributed by atoms with Crippen LogP contribution < -0.4 is 0 Å². The molecule has 0 saturated carbocycles. The van der Waals surface area contributed by atoms with Gasteiger partial charge in [0.25, 0.3) is 0 Å². The number of carbonyl (C=O) groups excluding carboxylic acids is 1. The van der Waals surface area contributed by atoms with E-state index < -0.39 is 17.5 Å². The molecule has 0 aliphatic carbocycles. The summed E-state index contributed by atoms with van der Waals surface area (Å²) in [5.41, 5.74) is 0.592. The topological polar surface area (TPSA) is 81.6 Å². The van der Waals surface area contributed by atoms with E-state index in [2.05, 4.69) is 14.7 Å². The molecule has 30 heavy (non-hydrogen) atoms. The first-order valence-electron chi connectivity index (χ1n) is 9.14. The van der Waals surface area contributed by atoms with Crippen molar-refractivity contribution in [3.63, 3.8) is 0 Å². The highest BCUT2D eigenvalue weighted by Gasteiger charge is 2.43. The molecule has 3 heterocycles. The van der Waals surface area contributed by atoms with Gasteiger partial charge < -0.3 is 18.6 Å². The fourth-order valence-electron chi connectivity index (χ4n) is 3.14. The van der Waals surface area contributed by atoms with Crippen LogP contribution in [0.3, 0.4) is 0 Å². The second-order valence-corrected chi connectivity index (χ2v) is 7.41. The van der Waals surface area contributed by atoms with Crippen molar-refractivity contribution in [2.45, 2.75) is 26.2 Å². The third-order valence-electron chi connectivity index (χ3n) is 4.83. The summed E-state index contributed by atoms with van der Waals surface area (Å²) in [5, 5.41) is 3.38. The van der Waals surface area contributed by atoms with E-state index in [1.807, 2.05) is 6.92 Å². The quantitative estimate of drug-likeness (QED) is 0.600. The van der Waals surface area contributed by atoms with E-state index in [1.54, 1.807) is 47.6 Å². The van der Waals surface area contributed by atoms with Crippen molar-refractivity contribution < 1.29 is 31.6 Å². The van der Waals surface area contributed by atoms with Crippen molar-refractivity contribution in [2.75, 3.05) is 13.2 Å². The summed E-state index contributed by atoms with van der Waals surface area (Å²) in [6.07, 6.45) is -3.15. The van der Waals surface area contributed by atoms with Gasteiger partial charge in [-0.2, -0.15) is 18.2 Å². The third kappa shape index (κ3) is 4.09. The zero-order valence-electron chi connectivity index (χ0n) is 16.0. The molecule has 10 heteroatoms. The Balaban J connectivity index is 1.51. The van der Waals surface area contributed by atoms with E-state index in [-0.39, 0.29) is 11.7 Å². The van der Waals surface area contributed by atoms with Gasteiger partial charge in [-0.3, -0.25) is 4.79 Å². The van der Waals surface area contributed by atoms with E-state index in [4.69, 9.17) is 9.15 Å². The smallest absolute Gasteiger partial charge is 0.467 e. The maximum absolute atomic E-state index is 13.0. The number of carbonyl (C=O) groups is 1. The van der Waals surface area contributed by atoms with Crippen LogP contribution in [-0.4, -0.2) is 34.2 Å². The van der Waals surface area contributed by atoms with Crippen LogP contribution in [0.1, 0.15) is 24.1 Å². The van der Waals surface area contributed by atoms with E-state index >= 15 is 0 Å². The number of ether oxygens (including phenoxy) is 1. The van der Waals surface area contributed by atoms with Crippen molar-refractivity contribution in [2.24, 2.45) is 5.41 Å². The zero-order chi connectivity index (χ0) is 21.4. The number of amides is 1. The number of hydrogen-bond donors (Lipinski definition) is 0. The molecule has 0 unspecified atom stereocenters. The first-order chi connectivity index (χ1) is 14.2. The molecule has 0 N–H and O–H groups in total. The van der Waals surface area contributed by atoms with Crippen LogP contribution in [0.15, 0.2) is 51.6 Å². The third-order valence-corrected chi connectivity index (χ3v) is 4.83. The second kappa shape index (κ2) is 7.60. The minimum absolute atomic E-state index is 0.0535. The fraction of sp³-hybridized carbons (Fsp3) is 0.350. The highest BCUT2D eigenvalue weighted by molar-refractivity contribution is 5.83. The van der Waals surface area contributed by atoms with Crippen molar-refractivity contribution in [1.82, 2.24) is 15.0 Å². The summed E-state index contributed by atoms with van der Waals surface area (Å²) in [6, 6.07) is 10.1. The Morgan fingerprint density at radius 2 is 1.90 bits per heavy atom. The van der Waals surface area contributed by atoms with E-state index in [0.29, 0.717) is 37.6 Å². The Labute approximate surface area is 169 Å². The number of alkyl halides is 3. The maximum atomic E-state index is 13.0. The van der Waals surface area contributed by atoms with Crippen LogP contribution in [0.5, 0.6) is 0 Å². The monoisotopic (exact) mass is 421 g/mol. The van der Waals surface area contributed by atoms with Gasteiger partial charge in [-0.25, -0.2) is 0 Å². The van der Waals surface area contributed by atoms with Crippen LogP contribution in [-0.2, 0) is 28.8 Å². The molecule has 1 amide bonds. The molecular formula is C20H18F3N3O4. The number of aromatic nitrogens is 2. The molecular weight excluding hydrogens is 403 g/mol. The summed E-state index contributed by atoms with van der Waals surface area (Å²) in [7, 11) is 0. The molecule has 0 spiro atoms. The number of halogens is 3. The molecule has 0 radical (unpaired) electrons. The average Bonchev–Trinajstić information content (AvgIpc) is 3.37. The molecule has 1 saturated heterocycles. The first kappa shape index (κ1) is 20.1. The van der Waals surface area contributed by atoms with Gasteiger partial charge in [-0.05, 0) is 24.6 Å². The Morgan fingerprint density at radius 1 is 1.17 bits per heavy atom. The van der Waals surface area contributed by atoms with Crippen LogP contribution in [0.2, 0.25) is 0 Å². The molecule has 7 nitrogen and oxygen atoms in total. The van der Waals surface area contributed by atoms with Crippen LogP contribution >= 0.6 is 0 Å². The molecule has 3 aromatic rings. The van der Waals surface area contributed by atoms with Crippen molar-refractivity contribution in [1.29, 1.82) is 0 Å². The standard InChI is InChI=1S/C20H18F3N3O4/c1-19(11-28-12-19)18(27)26(10-15-3-2-8-29-15)9-13-4-6-14(7-5-13)16-24-17(30-25-16)20(21,22)23/h2-8H,9-12H2,1H3. The van der Waals surface area contributed by atoms with Gasteiger partial charge >= 0.3 is 12.1 Å². The van der Waals surface area contributed by atoms with Gasteiger partial charge in [-0.1, -0.05) is 29.4 Å². The summed E-state index contributed by atoms with van der Waals surface area (Å²) in [5.74, 6) is -0.957. The molecule has 1 aliphatic rings. The summed E-state index contributed by atoms with van der Waals surface area (Å²) < 4.78 is 52.8. The Bertz CT molecular complexity index is 1010. The van der Waals surface area contributed by atoms with Gasteiger partial charge in [0.05, 0.1) is 31.4 Å². The maximum Gasteiger partial charge on any atom is 0.471 e. The normalized spacial score (nSPS) is 15.6. The number of hydrogen-bond acceptors (Lipinski definition) is 6. The lowest BCUT2D eigenvalue weighted by Gasteiger charge is -2.40. The average molecular weight is 421 g/mol. The molecule has 1 aliphatic heterocycles. The Hall–Kier alpha value is -3.14. The predicted octanol–water partition coefficient (Wildman–Crippen LogP) is 3.91. The molecule has 158 valence electrons. The van der Waals surface area contributed by atoms with E-state index in [1.165, 1.54) is 0 Å². The van der Waals surface area contributed by atoms with Gasteiger partial charge in [-0.15, -0.1) is 0 Å². The van der Waals surface area contributed by atoms with Crippen LogP contribution in [0.4, 0.5) is 13.2 Å². The molecule has 1 aromatic carbocycles. The first-order valence-corrected chi connectivity index (χ1v) is 9.14. The minimum atomic E-state index is -4.70. The number of furan rings is 1. The van der Waals surface area contributed by atoms with Gasteiger partial charge in [0.1, 0.15) is 5.76 Å². The van der Waals surface area contributed by atoms with Gasteiger partial charge in [0.2, 0.25) is 11.7 Å². The Kier molecular flexibility index (Phi) is 5.10. The highest BCUT2D eigenvalue weighted by Crippen LogP contribution is 2.31. The van der Waals surface area contributed by atoms with Crippen molar-refractivity contribution >= 4 is 5.91 Å². The summed E-state index contributed by atoms with van der Waals surface area (Å²) >= 11 is 0. The van der Waals surface area contributed by atoms with E-state index in [9.17, 15) is 18.0 Å². The number of rotatable bonds is 6. The fourth-order valence-corrected chi connectivity index (χ4v) is 3.14. The van der Waals surface area contributed by atoms with Crippen LogP contribution in [0.25, 0.3) is 11.4 Å². The molecule has 0 bridgehead atoms. The second-order valence-electron chi connectivity index (χ2n) is 7.41. The number of nitrogens with zero attached hydrogens (tertiary/aromatic N) is 3. The Morgan fingerprint density at radius 3 is 2.43 bits per heavy atom. The largest absolute Gasteiger partial charge is 0.471 e. The lowest BCUT2D eigenvalue weighted by atomic mass is 9.86. The molecule has 2 aromatic heterocycles. The molecule has 4 rings (SSSR count). The van der Waals surface area contributed by atoms with Crippen LogP contribution in [0, 0.1) is 5.41 Å².